The first kappa shape index (κ1) is 30.4. The SMILES string of the molecule is C[C@H]1[C@@H](NC(=Nc2ccc3c(=O)n([C@H](C)Cc4ccc(Cl)cc4Cl)cnc3c2)N2C[C@@H](C)N[C@@H](C)C2)C[C@@H]2C[C@@H]1C2(C)C. The van der Waals surface area contributed by atoms with Crippen molar-refractivity contribution in [1.82, 2.24) is 25.1 Å². The van der Waals surface area contributed by atoms with Crippen LogP contribution < -0.4 is 16.2 Å². The average molecular weight is 624 g/mol. The number of hydrogen-bond acceptors (Lipinski definition) is 4. The number of aliphatic imine (C=N–C) groups is 1. The van der Waals surface area contributed by atoms with Crippen LogP contribution in [-0.4, -0.2) is 51.6 Å². The maximum atomic E-state index is 13.5. The fourth-order valence-corrected chi connectivity index (χ4v) is 8.42. The van der Waals surface area contributed by atoms with Gasteiger partial charge in [0.25, 0.3) is 5.56 Å². The number of nitrogens with one attached hydrogen (secondary N) is 2. The molecule has 2 aromatic carbocycles. The molecule has 0 spiro atoms. The van der Waals surface area contributed by atoms with Gasteiger partial charge in [0.05, 0.1) is 22.9 Å². The molecule has 3 saturated carbocycles. The largest absolute Gasteiger partial charge is 0.353 e. The van der Waals surface area contributed by atoms with Gasteiger partial charge in [-0.3, -0.25) is 9.36 Å². The molecule has 2 heterocycles. The summed E-state index contributed by atoms with van der Waals surface area (Å²) in [5.74, 6) is 3.02. The fourth-order valence-electron chi connectivity index (χ4n) is 7.93. The molecule has 2 bridgehead atoms. The molecule has 7 atom stereocenters. The van der Waals surface area contributed by atoms with Crippen molar-refractivity contribution in [2.45, 2.75) is 85.0 Å². The smallest absolute Gasteiger partial charge is 0.261 e. The molecule has 0 radical (unpaired) electrons. The lowest BCUT2D eigenvalue weighted by atomic mass is 9.45. The Hall–Kier alpha value is -2.61. The first-order valence-corrected chi connectivity index (χ1v) is 16.5. The highest BCUT2D eigenvalue weighted by Crippen LogP contribution is 2.61. The van der Waals surface area contributed by atoms with Gasteiger partial charge in [0.15, 0.2) is 5.96 Å². The number of benzene rings is 2. The van der Waals surface area contributed by atoms with E-state index >= 15 is 0 Å². The second kappa shape index (κ2) is 11.7. The number of nitrogens with zero attached hydrogens (tertiary/aromatic N) is 4. The number of hydrogen-bond donors (Lipinski definition) is 2. The lowest BCUT2D eigenvalue weighted by molar-refractivity contribution is -0.112. The molecule has 3 aromatic rings. The van der Waals surface area contributed by atoms with Gasteiger partial charge in [0.1, 0.15) is 0 Å². The molecule has 0 amide bonds. The standard InChI is InChI=1S/C34H44Cl2N6O/c1-19-16-41(17-20(2)38-19)33(40-30-13-24-12-28(22(30)4)34(24,5)6)39-26-9-10-27-31(15-26)37-18-42(32(27)43)21(3)11-23-7-8-25(35)14-29(23)36/h7-10,14-15,18-22,24,28,30,38H,11-13,16-17H2,1-6H3,(H,39,40)/t19-,20+,21-,22-,24+,28+,30+/m1/s1. The minimum Gasteiger partial charge on any atom is -0.353 e. The molecule has 7 nitrogen and oxygen atoms in total. The fraction of sp³-hybridized carbons (Fsp3) is 0.559. The Kier molecular flexibility index (Phi) is 8.29. The summed E-state index contributed by atoms with van der Waals surface area (Å²) in [6.45, 7) is 15.5. The molecule has 9 heteroatoms. The van der Waals surface area contributed by atoms with Crippen molar-refractivity contribution in [3.05, 3.63) is 68.7 Å². The van der Waals surface area contributed by atoms with E-state index in [0.29, 0.717) is 56.8 Å². The van der Waals surface area contributed by atoms with Crippen LogP contribution in [0.3, 0.4) is 0 Å². The Labute approximate surface area is 265 Å². The summed E-state index contributed by atoms with van der Waals surface area (Å²) < 4.78 is 1.68. The van der Waals surface area contributed by atoms with Crippen molar-refractivity contribution in [1.29, 1.82) is 0 Å². The summed E-state index contributed by atoms with van der Waals surface area (Å²) in [6.07, 6.45) is 4.77. The number of guanidine groups is 1. The zero-order valence-electron chi connectivity index (χ0n) is 26.1. The van der Waals surface area contributed by atoms with Gasteiger partial charge in [-0.05, 0) is 99.1 Å². The molecule has 4 fully saturated rings. The van der Waals surface area contributed by atoms with Crippen LogP contribution in [0.4, 0.5) is 5.69 Å². The lowest BCUT2D eigenvalue weighted by Crippen LogP contribution is -2.64. The van der Waals surface area contributed by atoms with Gasteiger partial charge in [0, 0.05) is 47.3 Å². The van der Waals surface area contributed by atoms with E-state index in [0.717, 1.165) is 42.1 Å². The van der Waals surface area contributed by atoms with E-state index in [4.69, 9.17) is 33.2 Å². The maximum Gasteiger partial charge on any atom is 0.261 e. The number of rotatable bonds is 5. The van der Waals surface area contributed by atoms with Crippen LogP contribution in [0.1, 0.15) is 66.0 Å². The predicted molar refractivity (Wildman–Crippen MR) is 178 cm³/mol. The van der Waals surface area contributed by atoms with Crippen LogP contribution in [0, 0.1) is 23.2 Å². The second-order valence-electron chi connectivity index (χ2n) is 14.0. The monoisotopic (exact) mass is 622 g/mol. The molecule has 1 aliphatic heterocycles. The van der Waals surface area contributed by atoms with E-state index in [9.17, 15) is 4.79 Å². The third-order valence-electron chi connectivity index (χ3n) is 10.5. The normalized spacial score (nSPS) is 29.3. The molecule has 1 aromatic heterocycles. The molecule has 43 heavy (non-hydrogen) atoms. The van der Waals surface area contributed by atoms with Gasteiger partial charge in [-0.15, -0.1) is 0 Å². The van der Waals surface area contributed by atoms with Crippen molar-refractivity contribution >= 4 is 45.8 Å². The minimum atomic E-state index is -0.123. The summed E-state index contributed by atoms with van der Waals surface area (Å²) in [7, 11) is 0. The summed E-state index contributed by atoms with van der Waals surface area (Å²) >= 11 is 12.5. The highest BCUT2D eigenvalue weighted by molar-refractivity contribution is 6.35. The number of fused-ring (bicyclic) bond motifs is 3. The van der Waals surface area contributed by atoms with Crippen molar-refractivity contribution < 1.29 is 0 Å². The number of aromatic nitrogens is 2. The summed E-state index contributed by atoms with van der Waals surface area (Å²) in [5.41, 5.74) is 2.75. The molecule has 2 N–H and O–H groups in total. The Balaban J connectivity index is 1.28. The molecular weight excluding hydrogens is 579 g/mol. The zero-order valence-corrected chi connectivity index (χ0v) is 27.6. The highest BCUT2D eigenvalue weighted by atomic mass is 35.5. The van der Waals surface area contributed by atoms with Crippen molar-refractivity contribution in [2.75, 3.05) is 13.1 Å². The highest BCUT2D eigenvalue weighted by Gasteiger charge is 2.56. The van der Waals surface area contributed by atoms with Crippen LogP contribution in [0.25, 0.3) is 10.9 Å². The quantitative estimate of drug-likeness (QED) is 0.241. The molecule has 0 unspecified atom stereocenters. The van der Waals surface area contributed by atoms with E-state index in [1.165, 1.54) is 12.8 Å². The van der Waals surface area contributed by atoms with Gasteiger partial charge in [-0.25, -0.2) is 9.98 Å². The average Bonchev–Trinajstić information content (AvgIpc) is 2.94. The lowest BCUT2D eigenvalue weighted by Gasteiger charge is -2.62. The number of piperazine rings is 1. The molecular formula is C34H44Cl2N6O. The summed E-state index contributed by atoms with van der Waals surface area (Å²) in [5, 5.41) is 9.34. The van der Waals surface area contributed by atoms with Gasteiger partial charge in [-0.2, -0.15) is 0 Å². The van der Waals surface area contributed by atoms with Gasteiger partial charge < -0.3 is 15.5 Å². The molecule has 4 aliphatic rings. The van der Waals surface area contributed by atoms with Crippen LogP contribution in [-0.2, 0) is 6.42 Å². The summed E-state index contributed by atoms with van der Waals surface area (Å²) in [4.78, 5) is 25.8. The molecule has 1 saturated heterocycles. The van der Waals surface area contributed by atoms with Crippen LogP contribution in [0.5, 0.6) is 0 Å². The molecule has 3 aliphatic carbocycles. The van der Waals surface area contributed by atoms with E-state index < -0.39 is 0 Å². The maximum absolute atomic E-state index is 13.5. The zero-order chi connectivity index (χ0) is 30.6. The van der Waals surface area contributed by atoms with E-state index in [2.05, 4.69) is 50.2 Å². The minimum absolute atomic E-state index is 0.0703. The Bertz CT molecular complexity index is 1590. The van der Waals surface area contributed by atoms with E-state index in [1.807, 2.05) is 37.3 Å². The first-order chi connectivity index (χ1) is 20.4. The van der Waals surface area contributed by atoms with E-state index in [-0.39, 0.29) is 11.6 Å². The topological polar surface area (TPSA) is 74.5 Å². The second-order valence-corrected chi connectivity index (χ2v) is 14.8. The third-order valence-corrected chi connectivity index (χ3v) is 11.1. The van der Waals surface area contributed by atoms with Gasteiger partial charge in [0.2, 0.25) is 0 Å². The van der Waals surface area contributed by atoms with Crippen LogP contribution in [0.15, 0.2) is 52.5 Å². The molecule has 230 valence electrons. The van der Waals surface area contributed by atoms with Crippen molar-refractivity contribution in [3.8, 4) is 0 Å². The van der Waals surface area contributed by atoms with Crippen molar-refractivity contribution in [3.63, 3.8) is 0 Å². The van der Waals surface area contributed by atoms with Gasteiger partial charge >= 0.3 is 0 Å². The summed E-state index contributed by atoms with van der Waals surface area (Å²) in [6, 6.07) is 12.2. The first-order valence-electron chi connectivity index (χ1n) is 15.7. The molecule has 7 rings (SSSR count). The third kappa shape index (κ3) is 5.93. The van der Waals surface area contributed by atoms with Crippen LogP contribution >= 0.6 is 23.2 Å². The number of halogens is 2. The Morgan fingerprint density at radius 3 is 2.53 bits per heavy atom. The Morgan fingerprint density at radius 2 is 1.86 bits per heavy atom. The van der Waals surface area contributed by atoms with E-state index in [1.54, 1.807) is 17.0 Å². The Morgan fingerprint density at radius 1 is 1.12 bits per heavy atom. The van der Waals surface area contributed by atoms with Crippen LogP contribution in [0.2, 0.25) is 10.0 Å². The predicted octanol–water partition coefficient (Wildman–Crippen LogP) is 6.84. The van der Waals surface area contributed by atoms with Gasteiger partial charge in [-0.1, -0.05) is 50.0 Å². The van der Waals surface area contributed by atoms with Crippen molar-refractivity contribution in [2.24, 2.45) is 28.2 Å².